The van der Waals surface area contributed by atoms with Gasteiger partial charge in [0, 0.05) is 29.2 Å². The van der Waals surface area contributed by atoms with Crippen LogP contribution < -0.4 is 28.2 Å². The normalized spacial score (nSPS) is 12.5. The molecule has 0 unspecified atom stereocenters. The van der Waals surface area contributed by atoms with Crippen LogP contribution in [-0.2, 0) is 16.8 Å². The number of carbonyl (C=O) groups excluding carboxylic acids is 1. The van der Waals surface area contributed by atoms with Gasteiger partial charge >= 0.3 is 5.69 Å². The van der Waals surface area contributed by atoms with E-state index in [2.05, 4.69) is 41.0 Å². The van der Waals surface area contributed by atoms with Gasteiger partial charge in [-0.25, -0.2) is 4.79 Å². The molecule has 0 aliphatic rings. The minimum atomic E-state index is -0.836. The van der Waals surface area contributed by atoms with Gasteiger partial charge in [-0.2, -0.15) is 4.98 Å². The Morgan fingerprint density at radius 3 is 2.55 bits per heavy atom. The van der Waals surface area contributed by atoms with Crippen molar-refractivity contribution in [1.82, 2.24) is 19.9 Å². The summed E-state index contributed by atoms with van der Waals surface area (Å²) in [5, 5.41) is 3.59. The molecule has 2 aromatic heterocycles. The average Bonchev–Trinajstić information content (AvgIpc) is 3.13. The van der Waals surface area contributed by atoms with E-state index in [0.717, 1.165) is 16.6 Å². The van der Waals surface area contributed by atoms with E-state index in [9.17, 15) is 9.59 Å². The lowest BCUT2D eigenvalue weighted by Crippen LogP contribution is -2.43. The SMILES string of the molecule is CC(C)(C)c1cc2cn(-c3ccc(CNC(=O)[C@@H](N)CN=C(N)N)cc3)c(=O)nc2[nH]1. The lowest BCUT2D eigenvalue weighted by atomic mass is 9.92. The fourth-order valence-corrected chi connectivity index (χ4v) is 2.96. The van der Waals surface area contributed by atoms with Gasteiger partial charge in [0.1, 0.15) is 11.7 Å². The molecule has 0 aliphatic heterocycles. The minimum Gasteiger partial charge on any atom is -0.370 e. The van der Waals surface area contributed by atoms with Crippen LogP contribution in [-0.4, -0.2) is 39.0 Å². The summed E-state index contributed by atoms with van der Waals surface area (Å²) in [4.78, 5) is 35.6. The van der Waals surface area contributed by atoms with Gasteiger partial charge in [-0.3, -0.25) is 14.4 Å². The fourth-order valence-electron chi connectivity index (χ4n) is 2.96. The van der Waals surface area contributed by atoms with Crippen LogP contribution in [0.25, 0.3) is 16.7 Å². The summed E-state index contributed by atoms with van der Waals surface area (Å²) in [7, 11) is 0. The zero-order chi connectivity index (χ0) is 22.8. The Bertz CT molecular complexity index is 1160. The lowest BCUT2D eigenvalue weighted by Gasteiger charge is -2.15. The maximum atomic E-state index is 12.5. The van der Waals surface area contributed by atoms with Crippen LogP contribution in [0.3, 0.4) is 0 Å². The molecule has 1 aromatic carbocycles. The van der Waals surface area contributed by atoms with Crippen LogP contribution in [0.4, 0.5) is 0 Å². The molecule has 0 saturated carbocycles. The van der Waals surface area contributed by atoms with Crippen molar-refractivity contribution in [2.75, 3.05) is 6.54 Å². The number of carbonyl (C=O) groups is 1. The van der Waals surface area contributed by atoms with Crippen LogP contribution >= 0.6 is 0 Å². The number of guanidine groups is 1. The monoisotopic (exact) mass is 424 g/mol. The number of nitrogens with two attached hydrogens (primary N) is 3. The topological polar surface area (TPSA) is 170 Å². The number of hydrogen-bond acceptors (Lipinski definition) is 5. The largest absolute Gasteiger partial charge is 0.370 e. The maximum Gasteiger partial charge on any atom is 0.354 e. The zero-order valence-electron chi connectivity index (χ0n) is 17.8. The molecule has 2 heterocycles. The van der Waals surface area contributed by atoms with Crippen molar-refractivity contribution in [3.8, 4) is 5.69 Å². The molecule has 3 rings (SSSR count). The van der Waals surface area contributed by atoms with Crippen molar-refractivity contribution in [1.29, 1.82) is 0 Å². The van der Waals surface area contributed by atoms with Gasteiger partial charge in [-0.05, 0) is 23.8 Å². The number of amides is 1. The molecule has 3 aromatic rings. The second-order valence-electron chi connectivity index (χ2n) is 8.39. The molecular formula is C21H28N8O2. The van der Waals surface area contributed by atoms with E-state index in [4.69, 9.17) is 17.2 Å². The molecule has 0 bridgehead atoms. The molecule has 0 radical (unpaired) electrons. The fraction of sp³-hybridized carbons (Fsp3) is 0.333. The smallest absolute Gasteiger partial charge is 0.354 e. The molecule has 31 heavy (non-hydrogen) atoms. The first-order chi connectivity index (χ1) is 14.5. The van der Waals surface area contributed by atoms with Crippen LogP contribution in [0.2, 0.25) is 0 Å². The van der Waals surface area contributed by atoms with Crippen molar-refractivity contribution < 1.29 is 4.79 Å². The number of nitrogens with zero attached hydrogens (tertiary/aromatic N) is 3. The highest BCUT2D eigenvalue weighted by Gasteiger charge is 2.17. The number of aromatic nitrogens is 3. The van der Waals surface area contributed by atoms with Gasteiger partial charge in [-0.15, -0.1) is 0 Å². The number of benzene rings is 1. The Hall–Kier alpha value is -3.66. The molecule has 0 saturated heterocycles. The molecule has 8 N–H and O–H groups in total. The Morgan fingerprint density at radius 1 is 1.26 bits per heavy atom. The number of fused-ring (bicyclic) bond motifs is 1. The Labute approximate surface area is 179 Å². The number of hydrogen-bond donors (Lipinski definition) is 5. The van der Waals surface area contributed by atoms with Gasteiger partial charge < -0.3 is 27.5 Å². The summed E-state index contributed by atoms with van der Waals surface area (Å²) in [5.41, 5.74) is 18.9. The van der Waals surface area contributed by atoms with E-state index in [1.165, 1.54) is 4.57 Å². The van der Waals surface area contributed by atoms with Gasteiger partial charge in [0.15, 0.2) is 5.96 Å². The number of aromatic amines is 1. The van der Waals surface area contributed by atoms with E-state index in [1.54, 1.807) is 18.3 Å². The quantitative estimate of drug-likeness (QED) is 0.280. The molecule has 1 amide bonds. The Balaban J connectivity index is 1.73. The first-order valence-electron chi connectivity index (χ1n) is 9.85. The molecule has 10 nitrogen and oxygen atoms in total. The standard InChI is InChI=1S/C21H28N8O2/c1-21(2,3)16-8-13-11-29(20(31)28-17(13)27-16)14-6-4-12(5-7-14)9-25-18(30)15(22)10-26-19(23)24/h4-8,11,15H,9-10,22H2,1-3H3,(H,25,30)(H4,23,24,26)(H,27,28,31)/t15-/m0/s1. The van der Waals surface area contributed by atoms with Crippen molar-refractivity contribution in [2.45, 2.75) is 38.8 Å². The summed E-state index contributed by atoms with van der Waals surface area (Å²) >= 11 is 0. The maximum absolute atomic E-state index is 12.5. The summed E-state index contributed by atoms with van der Waals surface area (Å²) in [6.45, 7) is 6.58. The third-order valence-corrected chi connectivity index (χ3v) is 4.80. The Morgan fingerprint density at radius 2 is 1.94 bits per heavy atom. The molecule has 0 fully saturated rings. The van der Waals surface area contributed by atoms with Crippen molar-refractivity contribution >= 4 is 22.9 Å². The van der Waals surface area contributed by atoms with Crippen LogP contribution in [0, 0.1) is 0 Å². The second-order valence-corrected chi connectivity index (χ2v) is 8.39. The van der Waals surface area contributed by atoms with Crippen molar-refractivity contribution in [3.05, 3.63) is 58.3 Å². The molecular weight excluding hydrogens is 396 g/mol. The zero-order valence-corrected chi connectivity index (χ0v) is 17.8. The van der Waals surface area contributed by atoms with E-state index in [1.807, 2.05) is 18.2 Å². The number of nitrogens with one attached hydrogen (secondary N) is 2. The van der Waals surface area contributed by atoms with E-state index in [-0.39, 0.29) is 36.1 Å². The third kappa shape index (κ3) is 5.28. The lowest BCUT2D eigenvalue weighted by molar-refractivity contribution is -0.122. The van der Waals surface area contributed by atoms with Gasteiger partial charge in [-0.1, -0.05) is 32.9 Å². The highest BCUT2D eigenvalue weighted by atomic mass is 16.2. The van der Waals surface area contributed by atoms with E-state index in [0.29, 0.717) is 11.3 Å². The predicted octanol–water partition coefficient (Wildman–Crippen LogP) is 0.228. The van der Waals surface area contributed by atoms with Crippen LogP contribution in [0.5, 0.6) is 0 Å². The summed E-state index contributed by atoms with van der Waals surface area (Å²) in [6, 6.07) is 8.42. The number of aliphatic imine (C=N–C) groups is 1. The first kappa shape index (κ1) is 22.0. The van der Waals surface area contributed by atoms with Crippen molar-refractivity contribution in [3.63, 3.8) is 0 Å². The van der Waals surface area contributed by atoms with E-state index < -0.39 is 6.04 Å². The minimum absolute atomic E-state index is 0.0155. The first-order valence-corrected chi connectivity index (χ1v) is 9.85. The predicted molar refractivity (Wildman–Crippen MR) is 121 cm³/mol. The van der Waals surface area contributed by atoms with Crippen LogP contribution in [0.15, 0.2) is 46.3 Å². The van der Waals surface area contributed by atoms with Gasteiger partial charge in [0.05, 0.1) is 12.2 Å². The molecule has 10 heteroatoms. The molecule has 164 valence electrons. The third-order valence-electron chi connectivity index (χ3n) is 4.80. The summed E-state index contributed by atoms with van der Waals surface area (Å²) < 4.78 is 1.50. The van der Waals surface area contributed by atoms with Crippen LogP contribution in [0.1, 0.15) is 32.0 Å². The Kier molecular flexibility index (Phi) is 6.11. The van der Waals surface area contributed by atoms with Gasteiger partial charge in [0.25, 0.3) is 0 Å². The highest BCUT2D eigenvalue weighted by Crippen LogP contribution is 2.24. The van der Waals surface area contributed by atoms with Gasteiger partial charge in [0.2, 0.25) is 5.91 Å². The molecule has 0 spiro atoms. The average molecular weight is 425 g/mol. The van der Waals surface area contributed by atoms with E-state index >= 15 is 0 Å². The summed E-state index contributed by atoms with van der Waals surface area (Å²) in [6.07, 6.45) is 1.77. The molecule has 0 aliphatic carbocycles. The summed E-state index contributed by atoms with van der Waals surface area (Å²) in [5.74, 6) is -0.474. The second kappa shape index (κ2) is 8.60. The highest BCUT2D eigenvalue weighted by molar-refractivity contribution is 5.82. The van der Waals surface area contributed by atoms with Crippen molar-refractivity contribution in [2.24, 2.45) is 22.2 Å². The molecule has 1 atom stereocenters. The number of H-pyrrole nitrogens is 1. The number of rotatable bonds is 6.